The van der Waals surface area contributed by atoms with Crippen LogP contribution in [0.2, 0.25) is 0 Å². The molecule has 2 N–H and O–H groups in total. The standard InChI is InChI=1S/C14H24N2O3/c1-10-5-3-2-4-8-16(10)14(19)15-12-7-6-11(9-12)13(17)18/h10-12H,2-9H2,1H3,(H,15,19)(H,17,18)/t10?,11-,12+/m1/s1. The summed E-state index contributed by atoms with van der Waals surface area (Å²) in [6, 6.07) is 0.314. The maximum absolute atomic E-state index is 12.3. The lowest BCUT2D eigenvalue weighted by atomic mass is 10.1. The highest BCUT2D eigenvalue weighted by atomic mass is 16.4. The largest absolute Gasteiger partial charge is 0.481 e. The Morgan fingerprint density at radius 1 is 1.16 bits per heavy atom. The molecule has 2 fully saturated rings. The number of carboxylic acids is 1. The molecule has 1 aliphatic carbocycles. The summed E-state index contributed by atoms with van der Waals surface area (Å²) in [5, 5.41) is 12.0. The van der Waals surface area contributed by atoms with E-state index in [1.54, 1.807) is 0 Å². The topological polar surface area (TPSA) is 69.6 Å². The minimum atomic E-state index is -0.736. The van der Waals surface area contributed by atoms with Crippen molar-refractivity contribution in [1.82, 2.24) is 10.2 Å². The number of amides is 2. The molecule has 0 bridgehead atoms. The van der Waals surface area contributed by atoms with Crippen LogP contribution in [0.5, 0.6) is 0 Å². The molecule has 108 valence electrons. The van der Waals surface area contributed by atoms with Crippen molar-refractivity contribution in [3.63, 3.8) is 0 Å². The van der Waals surface area contributed by atoms with Gasteiger partial charge in [-0.2, -0.15) is 0 Å². The van der Waals surface area contributed by atoms with Crippen LogP contribution in [0.25, 0.3) is 0 Å². The van der Waals surface area contributed by atoms with Crippen LogP contribution >= 0.6 is 0 Å². The van der Waals surface area contributed by atoms with Crippen molar-refractivity contribution in [3.05, 3.63) is 0 Å². The molecule has 0 aromatic carbocycles. The molecule has 1 aliphatic heterocycles. The van der Waals surface area contributed by atoms with E-state index in [1.807, 2.05) is 4.90 Å². The van der Waals surface area contributed by atoms with Crippen LogP contribution in [0.3, 0.4) is 0 Å². The second-order valence-corrected chi connectivity index (χ2v) is 5.89. The minimum Gasteiger partial charge on any atom is -0.481 e. The second-order valence-electron chi connectivity index (χ2n) is 5.89. The van der Waals surface area contributed by atoms with Gasteiger partial charge in [-0.15, -0.1) is 0 Å². The maximum atomic E-state index is 12.3. The van der Waals surface area contributed by atoms with Crippen LogP contribution in [0.1, 0.15) is 51.9 Å². The lowest BCUT2D eigenvalue weighted by Gasteiger charge is -2.28. The molecule has 5 heteroatoms. The van der Waals surface area contributed by atoms with Gasteiger partial charge in [0.05, 0.1) is 5.92 Å². The van der Waals surface area contributed by atoms with Gasteiger partial charge in [0.25, 0.3) is 0 Å². The average molecular weight is 268 g/mol. The summed E-state index contributed by atoms with van der Waals surface area (Å²) in [5.41, 5.74) is 0. The third-order valence-corrected chi connectivity index (χ3v) is 4.42. The highest BCUT2D eigenvalue weighted by Gasteiger charge is 2.32. The molecule has 5 nitrogen and oxygen atoms in total. The highest BCUT2D eigenvalue weighted by molar-refractivity contribution is 5.75. The van der Waals surface area contributed by atoms with Gasteiger partial charge in [0, 0.05) is 18.6 Å². The number of nitrogens with zero attached hydrogens (tertiary/aromatic N) is 1. The number of nitrogens with one attached hydrogen (secondary N) is 1. The van der Waals surface area contributed by atoms with E-state index in [0.29, 0.717) is 18.9 Å². The molecule has 3 atom stereocenters. The lowest BCUT2D eigenvalue weighted by Crippen LogP contribution is -2.47. The fraction of sp³-hybridized carbons (Fsp3) is 0.857. The number of hydrogen-bond acceptors (Lipinski definition) is 2. The molecule has 2 aliphatic rings. The van der Waals surface area contributed by atoms with E-state index in [2.05, 4.69) is 12.2 Å². The molecule has 1 heterocycles. The lowest BCUT2D eigenvalue weighted by molar-refractivity contribution is -0.141. The smallest absolute Gasteiger partial charge is 0.317 e. The first-order chi connectivity index (χ1) is 9.08. The van der Waals surface area contributed by atoms with Crippen LogP contribution in [-0.2, 0) is 4.79 Å². The molecule has 0 aromatic rings. The predicted molar refractivity (Wildman–Crippen MR) is 71.9 cm³/mol. The molecular weight excluding hydrogens is 244 g/mol. The van der Waals surface area contributed by atoms with Gasteiger partial charge < -0.3 is 15.3 Å². The van der Waals surface area contributed by atoms with Gasteiger partial charge in [-0.1, -0.05) is 12.8 Å². The Hall–Kier alpha value is -1.26. The van der Waals surface area contributed by atoms with Gasteiger partial charge in [-0.25, -0.2) is 4.79 Å². The van der Waals surface area contributed by atoms with Gasteiger partial charge in [0.1, 0.15) is 0 Å². The second kappa shape index (κ2) is 6.26. The van der Waals surface area contributed by atoms with Gasteiger partial charge in [0.2, 0.25) is 0 Å². The van der Waals surface area contributed by atoms with E-state index in [4.69, 9.17) is 5.11 Å². The van der Waals surface area contributed by atoms with E-state index in [1.165, 1.54) is 12.8 Å². The number of carboxylic acid groups (broad SMARTS) is 1. The Morgan fingerprint density at radius 3 is 2.63 bits per heavy atom. The van der Waals surface area contributed by atoms with Gasteiger partial charge >= 0.3 is 12.0 Å². The average Bonchev–Trinajstić information content (AvgIpc) is 2.71. The van der Waals surface area contributed by atoms with E-state index < -0.39 is 5.97 Å². The summed E-state index contributed by atoms with van der Waals surface area (Å²) in [6.07, 6.45) is 6.55. The molecule has 1 saturated heterocycles. The van der Waals surface area contributed by atoms with Crippen molar-refractivity contribution in [2.75, 3.05) is 6.54 Å². The Balaban J connectivity index is 1.85. The Bertz CT molecular complexity index is 346. The zero-order valence-corrected chi connectivity index (χ0v) is 11.6. The molecule has 2 amide bonds. The first kappa shape index (κ1) is 14.2. The van der Waals surface area contributed by atoms with Crippen molar-refractivity contribution in [2.24, 2.45) is 5.92 Å². The molecular formula is C14H24N2O3. The molecule has 1 unspecified atom stereocenters. The van der Waals surface area contributed by atoms with Crippen LogP contribution in [0.4, 0.5) is 4.79 Å². The van der Waals surface area contributed by atoms with Crippen LogP contribution in [0.15, 0.2) is 0 Å². The fourth-order valence-electron chi connectivity index (χ4n) is 3.17. The normalized spacial score (nSPS) is 31.8. The van der Waals surface area contributed by atoms with Crippen molar-refractivity contribution >= 4 is 12.0 Å². The van der Waals surface area contributed by atoms with Gasteiger partial charge in [-0.05, 0) is 39.0 Å². The summed E-state index contributed by atoms with van der Waals surface area (Å²) in [6.45, 7) is 2.92. The molecule has 0 radical (unpaired) electrons. The third-order valence-electron chi connectivity index (χ3n) is 4.42. The summed E-state index contributed by atoms with van der Waals surface area (Å²) in [7, 11) is 0. The third kappa shape index (κ3) is 3.61. The molecule has 0 aromatic heterocycles. The number of carbonyl (C=O) groups excluding carboxylic acids is 1. The van der Waals surface area contributed by atoms with Crippen LogP contribution < -0.4 is 5.32 Å². The van der Waals surface area contributed by atoms with Gasteiger partial charge in [-0.3, -0.25) is 4.79 Å². The Kier molecular flexibility index (Phi) is 4.66. The summed E-state index contributed by atoms with van der Waals surface area (Å²) < 4.78 is 0. The van der Waals surface area contributed by atoms with E-state index in [9.17, 15) is 9.59 Å². The molecule has 2 rings (SSSR count). The quantitative estimate of drug-likeness (QED) is 0.806. The first-order valence-corrected chi connectivity index (χ1v) is 7.38. The maximum Gasteiger partial charge on any atom is 0.317 e. The summed E-state index contributed by atoms with van der Waals surface area (Å²) >= 11 is 0. The predicted octanol–water partition coefficient (Wildman–Crippen LogP) is 2.21. The molecule has 19 heavy (non-hydrogen) atoms. The van der Waals surface area contributed by atoms with E-state index >= 15 is 0 Å². The SMILES string of the molecule is CC1CCCCCN1C(=O)N[C@H]1CC[C@@H](C(=O)O)C1. The monoisotopic (exact) mass is 268 g/mol. The number of aliphatic carboxylic acids is 1. The number of rotatable bonds is 2. The van der Waals surface area contributed by atoms with Gasteiger partial charge in [0.15, 0.2) is 0 Å². The molecule has 1 saturated carbocycles. The zero-order chi connectivity index (χ0) is 13.8. The molecule has 0 spiro atoms. The summed E-state index contributed by atoms with van der Waals surface area (Å²) in [5.74, 6) is -1.02. The van der Waals surface area contributed by atoms with Crippen molar-refractivity contribution in [2.45, 2.75) is 64.0 Å². The Morgan fingerprint density at radius 2 is 1.95 bits per heavy atom. The van der Waals surface area contributed by atoms with Crippen molar-refractivity contribution in [3.8, 4) is 0 Å². The number of likely N-dealkylation sites (tertiary alicyclic amines) is 1. The van der Waals surface area contributed by atoms with Crippen LogP contribution in [-0.4, -0.2) is 40.6 Å². The summed E-state index contributed by atoms with van der Waals surface area (Å²) in [4.78, 5) is 25.1. The fourth-order valence-corrected chi connectivity index (χ4v) is 3.17. The number of urea groups is 1. The van der Waals surface area contributed by atoms with E-state index in [0.717, 1.165) is 25.8 Å². The van der Waals surface area contributed by atoms with Crippen molar-refractivity contribution in [1.29, 1.82) is 0 Å². The van der Waals surface area contributed by atoms with Crippen LogP contribution in [0, 0.1) is 5.92 Å². The zero-order valence-electron chi connectivity index (χ0n) is 11.6. The highest BCUT2D eigenvalue weighted by Crippen LogP contribution is 2.26. The number of carbonyl (C=O) groups is 2. The number of hydrogen-bond donors (Lipinski definition) is 2. The van der Waals surface area contributed by atoms with Crippen molar-refractivity contribution < 1.29 is 14.7 Å². The Labute approximate surface area is 114 Å². The van der Waals surface area contributed by atoms with E-state index in [-0.39, 0.29) is 18.0 Å². The first-order valence-electron chi connectivity index (χ1n) is 7.38. The minimum absolute atomic E-state index is 0.00885.